The third kappa shape index (κ3) is 3.79. The van der Waals surface area contributed by atoms with Gasteiger partial charge in [-0.25, -0.2) is 4.98 Å². The summed E-state index contributed by atoms with van der Waals surface area (Å²) < 4.78 is 0. The molecule has 0 saturated carbocycles. The Hall–Kier alpha value is -1.13. The standard InChI is InChI=1S/C18H30N4/c1-2-3-11-21-12-5-4-6-17(21)16-7-8-18(20-15-16)22-13-9-19-10-14-22/h7-8,15,17,19H,2-6,9-14H2,1H3/t17-/m0/s1. The summed E-state index contributed by atoms with van der Waals surface area (Å²) in [6, 6.07) is 5.14. The number of aromatic nitrogens is 1. The molecule has 2 saturated heterocycles. The van der Waals surface area contributed by atoms with E-state index in [9.17, 15) is 0 Å². The van der Waals surface area contributed by atoms with Crippen LogP contribution in [0.5, 0.6) is 0 Å². The highest BCUT2D eigenvalue weighted by Crippen LogP contribution is 2.31. The van der Waals surface area contributed by atoms with Gasteiger partial charge < -0.3 is 10.2 Å². The van der Waals surface area contributed by atoms with Gasteiger partial charge in [0.1, 0.15) is 5.82 Å². The quantitative estimate of drug-likeness (QED) is 0.906. The van der Waals surface area contributed by atoms with Crippen LogP contribution in [-0.4, -0.2) is 49.2 Å². The number of piperidine rings is 1. The van der Waals surface area contributed by atoms with Crippen molar-refractivity contribution in [1.82, 2.24) is 15.2 Å². The van der Waals surface area contributed by atoms with Gasteiger partial charge in [0.15, 0.2) is 0 Å². The van der Waals surface area contributed by atoms with Crippen molar-refractivity contribution in [2.45, 2.75) is 45.1 Å². The maximum absolute atomic E-state index is 4.76. The van der Waals surface area contributed by atoms with Crippen LogP contribution in [0.4, 0.5) is 5.82 Å². The molecule has 1 aromatic heterocycles. The fourth-order valence-electron chi connectivity index (χ4n) is 3.67. The average molecular weight is 302 g/mol. The number of likely N-dealkylation sites (tertiary alicyclic amines) is 1. The van der Waals surface area contributed by atoms with Crippen LogP contribution in [0.25, 0.3) is 0 Å². The molecule has 0 bridgehead atoms. The molecule has 3 heterocycles. The van der Waals surface area contributed by atoms with Crippen molar-refractivity contribution < 1.29 is 0 Å². The Bertz CT molecular complexity index is 439. The number of anilines is 1. The number of pyridine rings is 1. The lowest BCUT2D eigenvalue weighted by atomic mass is 9.96. The second-order valence-corrected chi connectivity index (χ2v) is 6.59. The summed E-state index contributed by atoms with van der Waals surface area (Å²) in [6.45, 7) is 9.04. The van der Waals surface area contributed by atoms with E-state index in [1.165, 1.54) is 50.8 Å². The minimum atomic E-state index is 0.588. The molecule has 2 aliphatic heterocycles. The van der Waals surface area contributed by atoms with E-state index in [1.807, 2.05) is 0 Å². The zero-order chi connectivity index (χ0) is 15.2. The Morgan fingerprint density at radius 1 is 1.18 bits per heavy atom. The summed E-state index contributed by atoms with van der Waals surface area (Å²) in [6.07, 6.45) is 8.72. The van der Waals surface area contributed by atoms with E-state index < -0.39 is 0 Å². The van der Waals surface area contributed by atoms with Gasteiger partial charge in [-0.05, 0) is 44.0 Å². The summed E-state index contributed by atoms with van der Waals surface area (Å²) in [5, 5.41) is 3.40. The van der Waals surface area contributed by atoms with Crippen molar-refractivity contribution in [3.63, 3.8) is 0 Å². The van der Waals surface area contributed by atoms with Gasteiger partial charge in [-0.15, -0.1) is 0 Å². The summed E-state index contributed by atoms with van der Waals surface area (Å²) in [7, 11) is 0. The molecule has 1 N–H and O–H groups in total. The first-order valence-electron chi connectivity index (χ1n) is 9.04. The van der Waals surface area contributed by atoms with Crippen molar-refractivity contribution in [2.75, 3.05) is 44.2 Å². The molecular formula is C18H30N4. The molecule has 3 rings (SSSR count). The lowest BCUT2D eigenvalue weighted by Crippen LogP contribution is -2.43. The minimum Gasteiger partial charge on any atom is -0.354 e. The molecule has 22 heavy (non-hydrogen) atoms. The second-order valence-electron chi connectivity index (χ2n) is 6.59. The highest BCUT2D eigenvalue weighted by atomic mass is 15.2. The van der Waals surface area contributed by atoms with Gasteiger partial charge in [-0.3, -0.25) is 4.90 Å². The molecule has 0 spiro atoms. The number of nitrogens with zero attached hydrogens (tertiary/aromatic N) is 3. The monoisotopic (exact) mass is 302 g/mol. The molecule has 0 aromatic carbocycles. The number of piperazine rings is 1. The fraction of sp³-hybridized carbons (Fsp3) is 0.722. The summed E-state index contributed by atoms with van der Waals surface area (Å²) >= 11 is 0. The van der Waals surface area contributed by atoms with Gasteiger partial charge in [0.25, 0.3) is 0 Å². The summed E-state index contributed by atoms with van der Waals surface area (Å²) in [5.41, 5.74) is 1.41. The normalized spacial score (nSPS) is 23.7. The van der Waals surface area contributed by atoms with E-state index in [0.717, 1.165) is 32.0 Å². The molecule has 0 amide bonds. The van der Waals surface area contributed by atoms with Crippen LogP contribution >= 0.6 is 0 Å². The zero-order valence-corrected chi connectivity index (χ0v) is 13.9. The van der Waals surface area contributed by atoms with Crippen molar-refractivity contribution in [2.24, 2.45) is 0 Å². The van der Waals surface area contributed by atoms with E-state index >= 15 is 0 Å². The zero-order valence-electron chi connectivity index (χ0n) is 13.9. The summed E-state index contributed by atoms with van der Waals surface area (Å²) in [5.74, 6) is 1.14. The van der Waals surface area contributed by atoms with Crippen LogP contribution in [0.1, 0.15) is 50.6 Å². The minimum absolute atomic E-state index is 0.588. The maximum Gasteiger partial charge on any atom is 0.128 e. The lowest BCUT2D eigenvalue weighted by Gasteiger charge is -2.36. The number of hydrogen-bond donors (Lipinski definition) is 1. The van der Waals surface area contributed by atoms with Crippen molar-refractivity contribution in [3.8, 4) is 0 Å². The van der Waals surface area contributed by atoms with E-state index in [2.05, 4.69) is 40.4 Å². The highest BCUT2D eigenvalue weighted by molar-refractivity contribution is 5.40. The topological polar surface area (TPSA) is 31.4 Å². The SMILES string of the molecule is CCCCN1CCCC[C@H]1c1ccc(N2CCNCC2)nc1. The summed E-state index contributed by atoms with van der Waals surface area (Å²) in [4.78, 5) is 9.82. The van der Waals surface area contributed by atoms with Gasteiger partial charge in [0, 0.05) is 38.4 Å². The van der Waals surface area contributed by atoms with Gasteiger partial charge in [-0.1, -0.05) is 25.8 Å². The van der Waals surface area contributed by atoms with Gasteiger partial charge in [0.05, 0.1) is 0 Å². The van der Waals surface area contributed by atoms with E-state index in [4.69, 9.17) is 4.98 Å². The van der Waals surface area contributed by atoms with Crippen LogP contribution in [0, 0.1) is 0 Å². The first-order valence-corrected chi connectivity index (χ1v) is 9.04. The average Bonchev–Trinajstić information content (AvgIpc) is 2.61. The molecule has 122 valence electrons. The van der Waals surface area contributed by atoms with Crippen molar-refractivity contribution in [3.05, 3.63) is 23.9 Å². The Balaban J connectivity index is 1.67. The third-order valence-corrected chi connectivity index (χ3v) is 5.01. The van der Waals surface area contributed by atoms with Gasteiger partial charge >= 0.3 is 0 Å². The second kappa shape index (κ2) is 7.93. The predicted octanol–water partition coefficient (Wildman–Crippen LogP) is 2.82. The maximum atomic E-state index is 4.76. The molecule has 1 aromatic rings. The molecule has 4 nitrogen and oxygen atoms in total. The number of hydrogen-bond acceptors (Lipinski definition) is 4. The Labute approximate surface area is 134 Å². The molecule has 2 fully saturated rings. The van der Waals surface area contributed by atoms with E-state index in [1.54, 1.807) is 0 Å². The lowest BCUT2D eigenvalue weighted by molar-refractivity contribution is 0.146. The molecule has 0 unspecified atom stereocenters. The predicted molar refractivity (Wildman–Crippen MR) is 92.4 cm³/mol. The number of rotatable bonds is 5. The molecule has 1 atom stereocenters. The van der Waals surface area contributed by atoms with Crippen LogP contribution in [-0.2, 0) is 0 Å². The first kappa shape index (κ1) is 15.8. The Morgan fingerprint density at radius 3 is 2.77 bits per heavy atom. The highest BCUT2D eigenvalue weighted by Gasteiger charge is 2.23. The fourth-order valence-corrected chi connectivity index (χ4v) is 3.67. The van der Waals surface area contributed by atoms with Crippen LogP contribution in [0.15, 0.2) is 18.3 Å². The van der Waals surface area contributed by atoms with Gasteiger partial charge in [-0.2, -0.15) is 0 Å². The van der Waals surface area contributed by atoms with Gasteiger partial charge in [0.2, 0.25) is 0 Å². The van der Waals surface area contributed by atoms with Crippen LogP contribution < -0.4 is 10.2 Å². The molecule has 4 heteroatoms. The number of nitrogens with one attached hydrogen (secondary N) is 1. The van der Waals surface area contributed by atoms with Crippen LogP contribution in [0.2, 0.25) is 0 Å². The van der Waals surface area contributed by atoms with E-state index in [-0.39, 0.29) is 0 Å². The number of unbranched alkanes of at least 4 members (excludes halogenated alkanes) is 1. The largest absolute Gasteiger partial charge is 0.354 e. The Morgan fingerprint density at radius 2 is 2.05 bits per heavy atom. The van der Waals surface area contributed by atoms with E-state index in [0.29, 0.717) is 6.04 Å². The smallest absolute Gasteiger partial charge is 0.128 e. The molecule has 2 aliphatic rings. The molecule has 0 radical (unpaired) electrons. The Kier molecular flexibility index (Phi) is 5.68. The molecular weight excluding hydrogens is 272 g/mol. The first-order chi connectivity index (χ1) is 10.9. The van der Waals surface area contributed by atoms with Crippen molar-refractivity contribution in [1.29, 1.82) is 0 Å². The van der Waals surface area contributed by atoms with Crippen LogP contribution in [0.3, 0.4) is 0 Å². The molecule has 0 aliphatic carbocycles. The van der Waals surface area contributed by atoms with Crippen molar-refractivity contribution >= 4 is 5.82 Å². The third-order valence-electron chi connectivity index (χ3n) is 5.01.